The first-order valence-electron chi connectivity index (χ1n) is 3.24. The van der Waals surface area contributed by atoms with E-state index in [0.29, 0.717) is 5.56 Å². The lowest BCUT2D eigenvalue weighted by Crippen LogP contribution is -2.02. The van der Waals surface area contributed by atoms with E-state index in [9.17, 15) is 4.79 Å². The van der Waals surface area contributed by atoms with Crippen LogP contribution in [0, 0.1) is 12.3 Å². The third-order valence-electron chi connectivity index (χ3n) is 1.45. The zero-order chi connectivity index (χ0) is 9.14. The highest BCUT2D eigenvalue weighted by molar-refractivity contribution is 5.94. The van der Waals surface area contributed by atoms with Gasteiger partial charge >= 0.3 is 5.97 Å². The van der Waals surface area contributed by atoms with E-state index >= 15 is 0 Å². The van der Waals surface area contributed by atoms with Gasteiger partial charge in [-0.15, -0.1) is 6.42 Å². The fraction of sp³-hybridized carbons (Fsp3) is 0. The first kappa shape index (κ1) is 8.15. The molecule has 60 valence electrons. The molecule has 1 rings (SSSR count). The van der Waals surface area contributed by atoms with Crippen molar-refractivity contribution in [1.29, 1.82) is 0 Å². The summed E-state index contributed by atoms with van der Waals surface area (Å²) in [6, 6.07) is 4.46. The Morgan fingerprint density at radius 2 is 2.25 bits per heavy atom. The number of rotatable bonds is 1. The number of nitrogen functional groups attached to an aromatic ring is 1. The van der Waals surface area contributed by atoms with Gasteiger partial charge in [0.2, 0.25) is 0 Å². The van der Waals surface area contributed by atoms with Gasteiger partial charge in [-0.05, 0) is 18.2 Å². The van der Waals surface area contributed by atoms with Gasteiger partial charge in [0.05, 0.1) is 5.56 Å². The number of benzene rings is 1. The van der Waals surface area contributed by atoms with Crippen LogP contribution in [0.15, 0.2) is 18.2 Å². The minimum Gasteiger partial charge on any atom is -0.478 e. The highest BCUT2D eigenvalue weighted by atomic mass is 16.4. The van der Waals surface area contributed by atoms with E-state index in [4.69, 9.17) is 17.3 Å². The van der Waals surface area contributed by atoms with Gasteiger partial charge in [0.25, 0.3) is 0 Å². The van der Waals surface area contributed by atoms with Crippen molar-refractivity contribution in [3.63, 3.8) is 0 Å². The highest BCUT2D eigenvalue weighted by Crippen LogP contribution is 2.13. The second-order valence-electron chi connectivity index (χ2n) is 2.25. The summed E-state index contributed by atoms with van der Waals surface area (Å²) in [5.74, 6) is 1.27. The van der Waals surface area contributed by atoms with Crippen LogP contribution in [0.5, 0.6) is 0 Å². The van der Waals surface area contributed by atoms with Gasteiger partial charge in [0.15, 0.2) is 0 Å². The van der Waals surface area contributed by atoms with Gasteiger partial charge in [-0.3, -0.25) is 0 Å². The molecule has 0 heterocycles. The summed E-state index contributed by atoms with van der Waals surface area (Å²) in [4.78, 5) is 10.5. The van der Waals surface area contributed by atoms with Crippen molar-refractivity contribution < 1.29 is 9.90 Å². The van der Waals surface area contributed by atoms with Crippen molar-refractivity contribution in [2.24, 2.45) is 0 Å². The molecule has 0 aliphatic heterocycles. The number of anilines is 1. The largest absolute Gasteiger partial charge is 0.478 e. The zero-order valence-electron chi connectivity index (χ0n) is 6.24. The standard InChI is InChI=1S/C9H7NO2/c1-2-6-3-4-8(10)7(5-6)9(11)12/h1,3-5H,10H2,(H,11,12). The Labute approximate surface area is 69.8 Å². The highest BCUT2D eigenvalue weighted by Gasteiger charge is 2.06. The van der Waals surface area contributed by atoms with Crippen LogP contribution in [0.1, 0.15) is 15.9 Å². The molecule has 0 bridgehead atoms. The lowest BCUT2D eigenvalue weighted by Gasteiger charge is -1.99. The molecule has 0 unspecified atom stereocenters. The van der Waals surface area contributed by atoms with Crippen LogP contribution in [0.4, 0.5) is 5.69 Å². The Kier molecular flexibility index (Phi) is 2.02. The second-order valence-corrected chi connectivity index (χ2v) is 2.25. The van der Waals surface area contributed by atoms with Gasteiger partial charge in [-0.1, -0.05) is 5.92 Å². The van der Waals surface area contributed by atoms with Crippen molar-refractivity contribution in [3.8, 4) is 12.3 Å². The molecule has 3 nitrogen and oxygen atoms in total. The summed E-state index contributed by atoms with van der Waals surface area (Å²) in [5, 5.41) is 8.64. The minimum atomic E-state index is -1.07. The fourth-order valence-electron chi connectivity index (χ4n) is 0.831. The van der Waals surface area contributed by atoms with Crippen LogP contribution in [-0.2, 0) is 0 Å². The maximum Gasteiger partial charge on any atom is 0.337 e. The average Bonchev–Trinajstić information content (AvgIpc) is 2.05. The number of carboxylic acid groups (broad SMARTS) is 1. The van der Waals surface area contributed by atoms with Crippen LogP contribution in [0.25, 0.3) is 0 Å². The van der Waals surface area contributed by atoms with E-state index in [1.165, 1.54) is 12.1 Å². The molecule has 12 heavy (non-hydrogen) atoms. The van der Waals surface area contributed by atoms with Crippen molar-refractivity contribution in [3.05, 3.63) is 29.3 Å². The molecule has 0 saturated carbocycles. The Bertz CT molecular complexity index is 363. The molecule has 0 fully saturated rings. The van der Waals surface area contributed by atoms with E-state index in [1.54, 1.807) is 6.07 Å². The number of aromatic carboxylic acids is 1. The van der Waals surface area contributed by atoms with Gasteiger partial charge < -0.3 is 10.8 Å². The van der Waals surface area contributed by atoms with E-state index in [2.05, 4.69) is 5.92 Å². The molecule has 0 radical (unpaired) electrons. The Balaban J connectivity index is 3.28. The van der Waals surface area contributed by atoms with Crippen molar-refractivity contribution in [2.75, 3.05) is 5.73 Å². The first-order valence-corrected chi connectivity index (χ1v) is 3.24. The van der Waals surface area contributed by atoms with Crippen molar-refractivity contribution >= 4 is 11.7 Å². The summed E-state index contributed by atoms with van der Waals surface area (Å²) >= 11 is 0. The van der Waals surface area contributed by atoms with Gasteiger partial charge in [-0.25, -0.2) is 4.79 Å². The van der Waals surface area contributed by atoms with E-state index in [-0.39, 0.29) is 11.3 Å². The minimum absolute atomic E-state index is 0.0467. The van der Waals surface area contributed by atoms with Crippen LogP contribution < -0.4 is 5.73 Å². The smallest absolute Gasteiger partial charge is 0.337 e. The molecule has 0 aromatic heterocycles. The summed E-state index contributed by atoms with van der Waals surface area (Å²) in [6.45, 7) is 0. The molecule has 3 N–H and O–H groups in total. The predicted octanol–water partition coefficient (Wildman–Crippen LogP) is 0.948. The van der Waals surface area contributed by atoms with Crippen LogP contribution in [0.2, 0.25) is 0 Å². The molecule has 0 spiro atoms. The summed E-state index contributed by atoms with van der Waals surface area (Å²) in [6.07, 6.45) is 5.09. The summed E-state index contributed by atoms with van der Waals surface area (Å²) in [7, 11) is 0. The zero-order valence-corrected chi connectivity index (χ0v) is 6.24. The number of nitrogens with two attached hydrogens (primary N) is 1. The number of carbonyl (C=O) groups is 1. The monoisotopic (exact) mass is 161 g/mol. The molecule has 0 amide bonds. The molecular formula is C9H7NO2. The lowest BCUT2D eigenvalue weighted by atomic mass is 10.1. The number of hydrogen-bond donors (Lipinski definition) is 2. The number of terminal acetylenes is 1. The van der Waals surface area contributed by atoms with Crippen molar-refractivity contribution in [1.82, 2.24) is 0 Å². The normalized spacial score (nSPS) is 8.92. The number of carboxylic acids is 1. The maximum atomic E-state index is 10.5. The Morgan fingerprint density at radius 3 is 2.75 bits per heavy atom. The van der Waals surface area contributed by atoms with E-state index in [1.807, 2.05) is 0 Å². The molecular weight excluding hydrogens is 154 g/mol. The fourth-order valence-corrected chi connectivity index (χ4v) is 0.831. The van der Waals surface area contributed by atoms with Crippen LogP contribution in [-0.4, -0.2) is 11.1 Å². The summed E-state index contributed by atoms with van der Waals surface area (Å²) < 4.78 is 0. The molecule has 0 saturated heterocycles. The second kappa shape index (κ2) is 2.97. The third kappa shape index (κ3) is 1.38. The molecule has 3 heteroatoms. The van der Waals surface area contributed by atoms with Crippen molar-refractivity contribution in [2.45, 2.75) is 0 Å². The quantitative estimate of drug-likeness (QED) is 0.476. The Hall–Kier alpha value is -1.95. The van der Waals surface area contributed by atoms with E-state index in [0.717, 1.165) is 0 Å². The topological polar surface area (TPSA) is 63.3 Å². The number of hydrogen-bond acceptors (Lipinski definition) is 2. The van der Waals surface area contributed by atoms with Gasteiger partial charge in [0.1, 0.15) is 0 Å². The predicted molar refractivity (Wildman–Crippen MR) is 45.7 cm³/mol. The molecule has 0 aliphatic rings. The first-order chi connectivity index (χ1) is 5.65. The lowest BCUT2D eigenvalue weighted by molar-refractivity contribution is 0.0698. The summed E-state index contributed by atoms with van der Waals surface area (Å²) in [5.41, 5.74) is 6.18. The average molecular weight is 161 g/mol. The van der Waals surface area contributed by atoms with E-state index < -0.39 is 5.97 Å². The maximum absolute atomic E-state index is 10.5. The van der Waals surface area contributed by atoms with Crippen LogP contribution >= 0.6 is 0 Å². The van der Waals surface area contributed by atoms with Gasteiger partial charge in [-0.2, -0.15) is 0 Å². The SMILES string of the molecule is C#Cc1ccc(N)c(C(=O)O)c1. The molecule has 1 aromatic carbocycles. The molecule has 1 aromatic rings. The Morgan fingerprint density at radius 1 is 1.58 bits per heavy atom. The third-order valence-corrected chi connectivity index (χ3v) is 1.45. The molecule has 0 aliphatic carbocycles. The van der Waals surface area contributed by atoms with Gasteiger partial charge in [0, 0.05) is 11.3 Å². The van der Waals surface area contributed by atoms with Crippen LogP contribution in [0.3, 0.4) is 0 Å². The molecule has 0 atom stereocenters.